The van der Waals surface area contributed by atoms with E-state index in [2.05, 4.69) is 27.3 Å². The highest BCUT2D eigenvalue weighted by Crippen LogP contribution is 2.15. The number of carboxylic acids is 1. The van der Waals surface area contributed by atoms with Crippen LogP contribution in [0.4, 0.5) is 0 Å². The predicted octanol–water partition coefficient (Wildman–Crippen LogP) is 2.45. The van der Waals surface area contributed by atoms with E-state index in [0.717, 1.165) is 24.0 Å². The average Bonchev–Trinajstić information content (AvgIpc) is 2.25. The van der Waals surface area contributed by atoms with Crippen LogP contribution in [-0.2, 0) is 11.2 Å². The van der Waals surface area contributed by atoms with Crippen molar-refractivity contribution in [2.45, 2.75) is 19.3 Å². The van der Waals surface area contributed by atoms with Gasteiger partial charge in [0.1, 0.15) is 0 Å². The molecule has 0 aliphatic heterocycles. The van der Waals surface area contributed by atoms with Gasteiger partial charge in [-0.15, -0.1) is 0 Å². The quantitative estimate of drug-likeness (QED) is 0.757. The molecule has 1 rings (SSSR count). The normalized spacial score (nSPS) is 10.3. The molecule has 4 heteroatoms. The third-order valence-corrected chi connectivity index (χ3v) is 3.05. The smallest absolute Gasteiger partial charge is 0.303 e. The molecule has 0 fully saturated rings. The van der Waals surface area contributed by atoms with E-state index in [-0.39, 0.29) is 6.42 Å². The maximum atomic E-state index is 10.3. The Kier molecular flexibility index (Phi) is 6.11. The van der Waals surface area contributed by atoms with Gasteiger partial charge in [0.15, 0.2) is 0 Å². The summed E-state index contributed by atoms with van der Waals surface area (Å²) in [4.78, 5) is 10.3. The highest BCUT2D eigenvalue weighted by molar-refractivity contribution is 9.10. The molecule has 0 radical (unpaired) electrons. The van der Waals surface area contributed by atoms with Gasteiger partial charge in [-0.25, -0.2) is 0 Å². The summed E-state index contributed by atoms with van der Waals surface area (Å²) < 4.78 is 1.13. The SMILES string of the molecule is O=C(O)CCCNCCc1ccccc1Br. The minimum absolute atomic E-state index is 0.238. The molecule has 0 unspecified atom stereocenters. The van der Waals surface area contributed by atoms with Crippen LogP contribution in [0.5, 0.6) is 0 Å². The number of rotatable bonds is 7. The lowest BCUT2D eigenvalue weighted by atomic mass is 10.1. The Morgan fingerprint density at radius 3 is 2.75 bits per heavy atom. The molecule has 2 N–H and O–H groups in total. The number of benzene rings is 1. The summed E-state index contributed by atoms with van der Waals surface area (Å²) in [6.07, 6.45) is 1.88. The Morgan fingerprint density at radius 2 is 2.06 bits per heavy atom. The van der Waals surface area contributed by atoms with Crippen LogP contribution in [-0.4, -0.2) is 24.2 Å². The predicted molar refractivity (Wildman–Crippen MR) is 67.6 cm³/mol. The van der Waals surface area contributed by atoms with E-state index in [1.807, 2.05) is 18.2 Å². The average molecular weight is 286 g/mol. The number of carbonyl (C=O) groups is 1. The van der Waals surface area contributed by atoms with E-state index in [1.54, 1.807) is 0 Å². The highest BCUT2D eigenvalue weighted by atomic mass is 79.9. The minimum Gasteiger partial charge on any atom is -0.481 e. The fraction of sp³-hybridized carbons (Fsp3) is 0.417. The zero-order chi connectivity index (χ0) is 11.8. The van der Waals surface area contributed by atoms with Crippen molar-refractivity contribution in [2.75, 3.05) is 13.1 Å². The van der Waals surface area contributed by atoms with Crippen LogP contribution in [0, 0.1) is 0 Å². The van der Waals surface area contributed by atoms with Crippen LogP contribution < -0.4 is 5.32 Å². The highest BCUT2D eigenvalue weighted by Gasteiger charge is 1.98. The van der Waals surface area contributed by atoms with E-state index in [0.29, 0.717) is 6.42 Å². The summed E-state index contributed by atoms with van der Waals surface area (Å²) in [6, 6.07) is 8.13. The first-order chi connectivity index (χ1) is 7.70. The fourth-order valence-corrected chi connectivity index (χ4v) is 1.90. The van der Waals surface area contributed by atoms with Gasteiger partial charge < -0.3 is 10.4 Å². The third kappa shape index (κ3) is 5.28. The Balaban J connectivity index is 2.12. The summed E-state index contributed by atoms with van der Waals surface area (Å²) in [6.45, 7) is 1.64. The van der Waals surface area contributed by atoms with Crippen molar-refractivity contribution in [1.29, 1.82) is 0 Å². The number of halogens is 1. The third-order valence-electron chi connectivity index (χ3n) is 2.27. The van der Waals surface area contributed by atoms with Gasteiger partial charge in [-0.05, 0) is 37.6 Å². The van der Waals surface area contributed by atoms with Crippen LogP contribution in [0.2, 0.25) is 0 Å². The second kappa shape index (κ2) is 7.41. The molecule has 0 saturated heterocycles. The summed E-state index contributed by atoms with van der Waals surface area (Å²) in [7, 11) is 0. The van der Waals surface area contributed by atoms with Crippen LogP contribution in [0.25, 0.3) is 0 Å². The van der Waals surface area contributed by atoms with E-state index in [4.69, 9.17) is 5.11 Å². The molecule has 0 atom stereocenters. The van der Waals surface area contributed by atoms with Gasteiger partial charge >= 0.3 is 5.97 Å². The lowest BCUT2D eigenvalue weighted by Gasteiger charge is -2.05. The Bertz CT molecular complexity index is 342. The molecule has 88 valence electrons. The molecular formula is C12H16BrNO2. The van der Waals surface area contributed by atoms with Crippen molar-refractivity contribution in [1.82, 2.24) is 5.32 Å². The minimum atomic E-state index is -0.729. The molecule has 16 heavy (non-hydrogen) atoms. The van der Waals surface area contributed by atoms with Gasteiger partial charge in [0.2, 0.25) is 0 Å². The molecule has 1 aromatic carbocycles. The van der Waals surface area contributed by atoms with Crippen molar-refractivity contribution in [3.63, 3.8) is 0 Å². The lowest BCUT2D eigenvalue weighted by molar-refractivity contribution is -0.137. The van der Waals surface area contributed by atoms with Crippen molar-refractivity contribution >= 4 is 21.9 Å². The number of nitrogens with one attached hydrogen (secondary N) is 1. The maximum Gasteiger partial charge on any atom is 0.303 e. The van der Waals surface area contributed by atoms with Crippen LogP contribution in [0.1, 0.15) is 18.4 Å². The standard InChI is InChI=1S/C12H16BrNO2/c13-11-5-2-1-4-10(11)7-9-14-8-3-6-12(15)16/h1-2,4-5,14H,3,6-9H2,(H,15,16). The van der Waals surface area contributed by atoms with Crippen LogP contribution in [0.15, 0.2) is 28.7 Å². The summed E-state index contributed by atoms with van der Waals surface area (Å²) in [5, 5.41) is 11.7. The Morgan fingerprint density at radius 1 is 1.31 bits per heavy atom. The van der Waals surface area contributed by atoms with Crippen molar-refractivity contribution < 1.29 is 9.90 Å². The number of hydrogen-bond acceptors (Lipinski definition) is 2. The van der Waals surface area contributed by atoms with Gasteiger partial charge in [0.25, 0.3) is 0 Å². The molecular weight excluding hydrogens is 270 g/mol. The van der Waals surface area contributed by atoms with Crippen LogP contribution >= 0.6 is 15.9 Å². The molecule has 0 aliphatic carbocycles. The second-order valence-electron chi connectivity index (χ2n) is 3.59. The lowest BCUT2D eigenvalue weighted by Crippen LogP contribution is -2.19. The molecule has 0 heterocycles. The van der Waals surface area contributed by atoms with Gasteiger partial charge in [0.05, 0.1) is 0 Å². The van der Waals surface area contributed by atoms with E-state index < -0.39 is 5.97 Å². The topological polar surface area (TPSA) is 49.3 Å². The fourth-order valence-electron chi connectivity index (χ4n) is 1.41. The molecule has 0 amide bonds. The largest absolute Gasteiger partial charge is 0.481 e. The number of aliphatic carboxylic acids is 1. The van der Waals surface area contributed by atoms with Gasteiger partial charge in [-0.1, -0.05) is 34.1 Å². The van der Waals surface area contributed by atoms with Gasteiger partial charge in [-0.2, -0.15) is 0 Å². The molecule has 0 aromatic heterocycles. The number of hydrogen-bond donors (Lipinski definition) is 2. The maximum absolute atomic E-state index is 10.3. The monoisotopic (exact) mass is 285 g/mol. The van der Waals surface area contributed by atoms with Gasteiger partial charge in [0, 0.05) is 10.9 Å². The van der Waals surface area contributed by atoms with E-state index in [1.165, 1.54) is 5.56 Å². The molecule has 0 bridgehead atoms. The first-order valence-corrected chi connectivity index (χ1v) is 6.15. The molecule has 3 nitrogen and oxygen atoms in total. The summed E-state index contributed by atoms with van der Waals surface area (Å²) in [5.41, 5.74) is 1.27. The number of carboxylic acid groups (broad SMARTS) is 1. The van der Waals surface area contributed by atoms with Crippen molar-refractivity contribution in [2.24, 2.45) is 0 Å². The van der Waals surface area contributed by atoms with Crippen molar-refractivity contribution in [3.8, 4) is 0 Å². The Labute approximate surface area is 104 Å². The van der Waals surface area contributed by atoms with Gasteiger partial charge in [-0.3, -0.25) is 4.79 Å². The van der Waals surface area contributed by atoms with Crippen molar-refractivity contribution in [3.05, 3.63) is 34.3 Å². The molecule has 1 aromatic rings. The first kappa shape index (κ1) is 13.2. The first-order valence-electron chi connectivity index (χ1n) is 5.36. The zero-order valence-corrected chi connectivity index (χ0v) is 10.7. The molecule has 0 saturated carbocycles. The molecule has 0 spiro atoms. The summed E-state index contributed by atoms with van der Waals surface area (Å²) >= 11 is 3.49. The van der Waals surface area contributed by atoms with E-state index >= 15 is 0 Å². The molecule has 0 aliphatic rings. The zero-order valence-electron chi connectivity index (χ0n) is 9.08. The van der Waals surface area contributed by atoms with E-state index in [9.17, 15) is 4.79 Å². The Hall–Kier alpha value is -0.870. The summed E-state index contributed by atoms with van der Waals surface area (Å²) in [5.74, 6) is -0.729. The van der Waals surface area contributed by atoms with Crippen LogP contribution in [0.3, 0.4) is 0 Å². The second-order valence-corrected chi connectivity index (χ2v) is 4.44.